The molecule has 3 atom stereocenters. The van der Waals surface area contributed by atoms with Crippen LogP contribution in [0.3, 0.4) is 0 Å². The topological polar surface area (TPSA) is 15.3 Å². The minimum atomic E-state index is 0.794. The Hall–Kier alpha value is -0.0800. The third-order valence-electron chi connectivity index (χ3n) is 5.18. The number of likely N-dealkylation sites (tertiary alicyclic amines) is 1. The van der Waals surface area contributed by atoms with E-state index in [0.717, 1.165) is 18.0 Å². The molecule has 2 aliphatic rings. The summed E-state index contributed by atoms with van der Waals surface area (Å²) in [7, 11) is 0. The first-order valence-electron chi connectivity index (χ1n) is 8.83. The summed E-state index contributed by atoms with van der Waals surface area (Å²) < 4.78 is 0. The van der Waals surface area contributed by atoms with E-state index in [-0.39, 0.29) is 0 Å². The second kappa shape index (κ2) is 8.26. The molecule has 0 aromatic carbocycles. The lowest BCUT2D eigenvalue weighted by atomic mass is 9.77. The van der Waals surface area contributed by atoms with Crippen molar-refractivity contribution in [2.75, 3.05) is 19.6 Å². The van der Waals surface area contributed by atoms with Gasteiger partial charge in [0.15, 0.2) is 0 Å². The maximum Gasteiger partial charge on any atom is 0.0223 e. The number of nitrogens with one attached hydrogen (secondary N) is 1. The zero-order valence-electron chi connectivity index (χ0n) is 13.2. The van der Waals surface area contributed by atoms with Crippen molar-refractivity contribution >= 4 is 0 Å². The molecular formula is C17H34N2. The normalized spacial score (nSPS) is 30.0. The molecule has 1 heterocycles. The number of fused-ring (bicyclic) bond motifs is 1. The Morgan fingerprint density at radius 3 is 2.63 bits per heavy atom. The van der Waals surface area contributed by atoms with Crippen molar-refractivity contribution < 1.29 is 0 Å². The van der Waals surface area contributed by atoms with Gasteiger partial charge in [-0.15, -0.1) is 0 Å². The minimum Gasteiger partial charge on any atom is -0.315 e. The van der Waals surface area contributed by atoms with Crippen LogP contribution in [0.5, 0.6) is 0 Å². The van der Waals surface area contributed by atoms with Gasteiger partial charge in [-0.3, -0.25) is 4.90 Å². The van der Waals surface area contributed by atoms with Crippen molar-refractivity contribution in [3.05, 3.63) is 0 Å². The Balaban J connectivity index is 1.93. The van der Waals surface area contributed by atoms with E-state index < -0.39 is 0 Å². The predicted molar refractivity (Wildman–Crippen MR) is 83.5 cm³/mol. The van der Waals surface area contributed by atoms with Gasteiger partial charge in [-0.25, -0.2) is 0 Å². The van der Waals surface area contributed by atoms with Crippen LogP contribution in [0.4, 0.5) is 0 Å². The number of hydrogen-bond acceptors (Lipinski definition) is 2. The van der Waals surface area contributed by atoms with Crippen LogP contribution in [0.1, 0.15) is 71.6 Å². The molecule has 2 nitrogen and oxygen atoms in total. The number of rotatable bonds is 7. The Morgan fingerprint density at radius 2 is 1.84 bits per heavy atom. The van der Waals surface area contributed by atoms with Gasteiger partial charge in [0.1, 0.15) is 0 Å². The monoisotopic (exact) mass is 266 g/mol. The zero-order valence-corrected chi connectivity index (χ0v) is 13.2. The Bertz CT molecular complexity index is 239. The Morgan fingerprint density at radius 1 is 1.05 bits per heavy atom. The summed E-state index contributed by atoms with van der Waals surface area (Å²) in [5, 5.41) is 3.67. The smallest absolute Gasteiger partial charge is 0.0223 e. The largest absolute Gasteiger partial charge is 0.315 e. The van der Waals surface area contributed by atoms with E-state index in [1.54, 1.807) is 0 Å². The molecule has 2 heteroatoms. The standard InChI is InChI=1S/C17H34N2/c1-3-8-16(14-18-12-4-2)19-13-7-10-15-9-5-6-11-17(15)19/h15-18H,3-14H2,1-2H3. The maximum absolute atomic E-state index is 3.67. The van der Waals surface area contributed by atoms with Gasteiger partial charge in [0.2, 0.25) is 0 Å². The number of hydrogen-bond donors (Lipinski definition) is 1. The molecule has 2 fully saturated rings. The van der Waals surface area contributed by atoms with Crippen molar-refractivity contribution in [2.45, 2.75) is 83.7 Å². The molecule has 1 saturated carbocycles. The first kappa shape index (κ1) is 15.3. The highest BCUT2D eigenvalue weighted by atomic mass is 15.2. The van der Waals surface area contributed by atoms with E-state index in [0.29, 0.717) is 0 Å². The molecule has 1 aliphatic carbocycles. The molecule has 19 heavy (non-hydrogen) atoms. The third-order valence-corrected chi connectivity index (χ3v) is 5.18. The lowest BCUT2D eigenvalue weighted by Crippen LogP contribution is -2.54. The van der Waals surface area contributed by atoms with E-state index in [1.165, 1.54) is 77.4 Å². The Kier molecular flexibility index (Phi) is 6.66. The van der Waals surface area contributed by atoms with Crippen LogP contribution >= 0.6 is 0 Å². The van der Waals surface area contributed by atoms with E-state index in [9.17, 15) is 0 Å². The summed E-state index contributed by atoms with van der Waals surface area (Å²) in [6.45, 7) is 8.36. The predicted octanol–water partition coefficient (Wildman–Crippen LogP) is 3.81. The van der Waals surface area contributed by atoms with Gasteiger partial charge in [0, 0.05) is 18.6 Å². The molecule has 0 aromatic heterocycles. The van der Waals surface area contributed by atoms with Crippen LogP contribution in [0, 0.1) is 5.92 Å². The van der Waals surface area contributed by atoms with E-state index >= 15 is 0 Å². The SMILES string of the molecule is CCCNCC(CCC)N1CCCC2CCCCC21. The van der Waals surface area contributed by atoms with Crippen LogP contribution in [-0.2, 0) is 0 Å². The van der Waals surface area contributed by atoms with Gasteiger partial charge in [0.05, 0.1) is 0 Å². The number of nitrogens with zero attached hydrogens (tertiary/aromatic N) is 1. The average Bonchev–Trinajstić information content (AvgIpc) is 2.46. The summed E-state index contributed by atoms with van der Waals surface area (Å²) >= 11 is 0. The van der Waals surface area contributed by atoms with Crippen LogP contribution in [-0.4, -0.2) is 36.6 Å². The summed E-state index contributed by atoms with van der Waals surface area (Å²) in [5.74, 6) is 1.02. The molecule has 3 unspecified atom stereocenters. The number of piperidine rings is 1. The summed E-state index contributed by atoms with van der Waals surface area (Å²) in [6, 6.07) is 1.71. The van der Waals surface area contributed by atoms with Crippen molar-refractivity contribution in [2.24, 2.45) is 5.92 Å². The molecule has 0 spiro atoms. The molecule has 0 bridgehead atoms. The van der Waals surface area contributed by atoms with Gasteiger partial charge >= 0.3 is 0 Å². The lowest BCUT2D eigenvalue weighted by molar-refractivity contribution is 0.0226. The minimum absolute atomic E-state index is 0.794. The van der Waals surface area contributed by atoms with Crippen molar-refractivity contribution in [1.82, 2.24) is 10.2 Å². The van der Waals surface area contributed by atoms with Gasteiger partial charge in [-0.05, 0) is 57.5 Å². The lowest BCUT2D eigenvalue weighted by Gasteiger charge is -2.48. The Labute approximate surface area is 120 Å². The zero-order chi connectivity index (χ0) is 13.5. The summed E-state index contributed by atoms with van der Waals surface area (Å²) in [6.07, 6.45) is 12.8. The van der Waals surface area contributed by atoms with Crippen LogP contribution in [0.25, 0.3) is 0 Å². The maximum atomic E-state index is 3.67. The highest BCUT2D eigenvalue weighted by molar-refractivity contribution is 4.91. The molecule has 0 aromatic rings. The quantitative estimate of drug-likeness (QED) is 0.705. The molecule has 0 radical (unpaired) electrons. The second-order valence-electron chi connectivity index (χ2n) is 6.64. The molecule has 1 aliphatic heterocycles. The van der Waals surface area contributed by atoms with Gasteiger partial charge < -0.3 is 5.32 Å². The third kappa shape index (κ3) is 4.19. The summed E-state index contributed by atoms with van der Waals surface area (Å²) in [4.78, 5) is 2.90. The van der Waals surface area contributed by atoms with E-state index in [1.807, 2.05) is 0 Å². The van der Waals surface area contributed by atoms with Gasteiger partial charge in [-0.1, -0.05) is 33.1 Å². The van der Waals surface area contributed by atoms with E-state index in [4.69, 9.17) is 0 Å². The van der Waals surface area contributed by atoms with Crippen LogP contribution < -0.4 is 5.32 Å². The highest BCUT2D eigenvalue weighted by Crippen LogP contribution is 2.36. The molecule has 2 rings (SSSR count). The average molecular weight is 266 g/mol. The molecule has 1 saturated heterocycles. The first-order chi connectivity index (χ1) is 9.36. The van der Waals surface area contributed by atoms with Gasteiger partial charge in [0.25, 0.3) is 0 Å². The van der Waals surface area contributed by atoms with Crippen molar-refractivity contribution in [1.29, 1.82) is 0 Å². The molecular weight excluding hydrogens is 232 g/mol. The second-order valence-corrected chi connectivity index (χ2v) is 6.64. The fourth-order valence-electron chi connectivity index (χ4n) is 4.28. The van der Waals surface area contributed by atoms with Crippen molar-refractivity contribution in [3.63, 3.8) is 0 Å². The molecule has 112 valence electrons. The van der Waals surface area contributed by atoms with Gasteiger partial charge in [-0.2, -0.15) is 0 Å². The van der Waals surface area contributed by atoms with Crippen LogP contribution in [0.15, 0.2) is 0 Å². The summed E-state index contributed by atoms with van der Waals surface area (Å²) in [5.41, 5.74) is 0. The van der Waals surface area contributed by atoms with E-state index in [2.05, 4.69) is 24.1 Å². The fraction of sp³-hybridized carbons (Fsp3) is 1.00. The first-order valence-corrected chi connectivity index (χ1v) is 8.83. The highest BCUT2D eigenvalue weighted by Gasteiger charge is 2.35. The van der Waals surface area contributed by atoms with Crippen molar-refractivity contribution in [3.8, 4) is 0 Å². The fourth-order valence-corrected chi connectivity index (χ4v) is 4.28. The van der Waals surface area contributed by atoms with Crippen LogP contribution in [0.2, 0.25) is 0 Å². The molecule has 1 N–H and O–H groups in total. The molecule has 0 amide bonds.